The molecule has 1 aliphatic rings. The number of rotatable bonds is 5. The number of morpholine rings is 1. The maximum Gasteiger partial charge on any atom is 0.271 e. The largest absolute Gasteiger partial charge is 0.379 e. The highest BCUT2D eigenvalue weighted by Crippen LogP contribution is 2.19. The Labute approximate surface area is 166 Å². The fourth-order valence-corrected chi connectivity index (χ4v) is 4.25. The molecule has 1 fully saturated rings. The van der Waals surface area contributed by atoms with Crippen LogP contribution >= 0.6 is 11.6 Å². The first-order chi connectivity index (χ1) is 13.4. The predicted octanol–water partition coefficient (Wildman–Crippen LogP) is 2.26. The molecule has 2 aromatic rings. The topological polar surface area (TPSA) is 88.1 Å². The Morgan fingerprint density at radius 1 is 1.21 bits per heavy atom. The number of carbonyl (C=O) groups excluding carboxylic acids is 1. The van der Waals surface area contributed by atoms with Crippen LogP contribution in [0, 0.1) is 5.82 Å². The summed E-state index contributed by atoms with van der Waals surface area (Å²) < 4.78 is 45.5. The third kappa shape index (κ3) is 4.56. The second kappa shape index (κ2) is 8.78. The van der Waals surface area contributed by atoms with E-state index in [9.17, 15) is 17.6 Å². The number of ether oxygens (including phenoxy) is 1. The lowest BCUT2D eigenvalue weighted by atomic mass is 10.2. The van der Waals surface area contributed by atoms with Crippen molar-refractivity contribution in [2.75, 3.05) is 26.3 Å². The number of hydrogen-bond acceptors (Lipinski definition) is 5. The summed E-state index contributed by atoms with van der Waals surface area (Å²) in [6, 6.07) is 9.78. The van der Waals surface area contributed by atoms with E-state index in [0.29, 0.717) is 13.2 Å². The fourth-order valence-electron chi connectivity index (χ4n) is 2.59. The molecule has 0 bridgehead atoms. The maximum absolute atomic E-state index is 13.7. The van der Waals surface area contributed by atoms with Crippen molar-refractivity contribution in [2.24, 2.45) is 5.10 Å². The minimum absolute atomic E-state index is 0.00294. The summed E-state index contributed by atoms with van der Waals surface area (Å²) in [5, 5.41) is 3.85. The van der Waals surface area contributed by atoms with Crippen LogP contribution in [0.2, 0.25) is 5.02 Å². The molecule has 28 heavy (non-hydrogen) atoms. The average molecular weight is 426 g/mol. The number of nitrogens with zero attached hydrogens (tertiary/aromatic N) is 2. The van der Waals surface area contributed by atoms with E-state index in [2.05, 4.69) is 10.5 Å². The van der Waals surface area contributed by atoms with Gasteiger partial charge >= 0.3 is 0 Å². The molecule has 10 heteroatoms. The quantitative estimate of drug-likeness (QED) is 0.588. The van der Waals surface area contributed by atoms with Crippen LogP contribution in [0.3, 0.4) is 0 Å². The molecule has 1 amide bonds. The monoisotopic (exact) mass is 425 g/mol. The van der Waals surface area contributed by atoms with Gasteiger partial charge in [0.25, 0.3) is 5.91 Å². The lowest BCUT2D eigenvalue weighted by Gasteiger charge is -2.26. The predicted molar refractivity (Wildman–Crippen MR) is 102 cm³/mol. The van der Waals surface area contributed by atoms with Crippen LogP contribution in [0.25, 0.3) is 0 Å². The van der Waals surface area contributed by atoms with E-state index in [4.69, 9.17) is 16.3 Å². The summed E-state index contributed by atoms with van der Waals surface area (Å²) in [5.74, 6) is -1.22. The van der Waals surface area contributed by atoms with Crippen LogP contribution < -0.4 is 5.43 Å². The normalized spacial score (nSPS) is 15.6. The van der Waals surface area contributed by atoms with Crippen LogP contribution in [0.4, 0.5) is 4.39 Å². The van der Waals surface area contributed by atoms with E-state index >= 15 is 0 Å². The molecule has 7 nitrogen and oxygen atoms in total. The Morgan fingerprint density at radius 2 is 1.93 bits per heavy atom. The van der Waals surface area contributed by atoms with Crippen molar-refractivity contribution in [1.29, 1.82) is 0 Å². The van der Waals surface area contributed by atoms with Gasteiger partial charge in [-0.15, -0.1) is 0 Å². The first-order valence-electron chi connectivity index (χ1n) is 8.35. The molecule has 0 saturated carbocycles. The standard InChI is InChI=1S/C18H17ClFN3O4S/c19-16-5-2-6-17(20)15(16)12-21-22-18(24)13-3-1-4-14(11-13)28(25,26)23-7-9-27-10-8-23/h1-6,11-12H,7-10H2,(H,22,24)/b21-12+. The minimum atomic E-state index is -3.72. The Balaban J connectivity index is 1.74. The van der Waals surface area contributed by atoms with Crippen molar-refractivity contribution in [3.05, 3.63) is 64.4 Å². The van der Waals surface area contributed by atoms with Gasteiger partial charge < -0.3 is 4.74 Å². The molecule has 1 heterocycles. The molecule has 1 N–H and O–H groups in total. The summed E-state index contributed by atoms with van der Waals surface area (Å²) in [7, 11) is -3.72. The Bertz CT molecular complexity index is 987. The molecule has 0 radical (unpaired) electrons. The number of carbonyl (C=O) groups is 1. The number of halogens is 2. The molecule has 148 valence electrons. The van der Waals surface area contributed by atoms with Crippen molar-refractivity contribution in [1.82, 2.24) is 9.73 Å². The number of benzene rings is 2. The van der Waals surface area contributed by atoms with Crippen molar-refractivity contribution in [2.45, 2.75) is 4.90 Å². The van der Waals surface area contributed by atoms with E-state index in [-0.39, 0.29) is 34.1 Å². The molecule has 0 unspecified atom stereocenters. The summed E-state index contributed by atoms with van der Waals surface area (Å²) in [6.45, 7) is 1.17. The molecule has 1 saturated heterocycles. The fraction of sp³-hybridized carbons (Fsp3) is 0.222. The molecule has 2 aromatic carbocycles. The van der Waals surface area contributed by atoms with Gasteiger partial charge in [0.2, 0.25) is 10.0 Å². The SMILES string of the molecule is O=C(N/N=C/c1c(F)cccc1Cl)c1cccc(S(=O)(=O)N2CCOCC2)c1. The summed E-state index contributed by atoms with van der Waals surface area (Å²) in [6.07, 6.45) is 1.09. The third-order valence-electron chi connectivity index (χ3n) is 4.06. The molecule has 0 spiro atoms. The van der Waals surface area contributed by atoms with Gasteiger partial charge in [-0.3, -0.25) is 4.79 Å². The van der Waals surface area contributed by atoms with Crippen LogP contribution in [0.15, 0.2) is 52.5 Å². The highest BCUT2D eigenvalue weighted by molar-refractivity contribution is 7.89. The van der Waals surface area contributed by atoms with Gasteiger partial charge in [0, 0.05) is 24.2 Å². The van der Waals surface area contributed by atoms with Gasteiger partial charge in [-0.2, -0.15) is 9.41 Å². The molecular formula is C18H17ClFN3O4S. The average Bonchev–Trinajstić information content (AvgIpc) is 2.71. The number of nitrogens with one attached hydrogen (secondary N) is 1. The lowest BCUT2D eigenvalue weighted by molar-refractivity contribution is 0.0730. The molecule has 0 atom stereocenters. The van der Waals surface area contributed by atoms with Gasteiger partial charge in [-0.25, -0.2) is 18.2 Å². The Hall–Kier alpha value is -2.33. The van der Waals surface area contributed by atoms with Crippen molar-refractivity contribution in [3.8, 4) is 0 Å². The van der Waals surface area contributed by atoms with Crippen molar-refractivity contribution < 1.29 is 22.3 Å². The van der Waals surface area contributed by atoms with Gasteiger partial charge in [0.15, 0.2) is 0 Å². The number of amides is 1. The van der Waals surface area contributed by atoms with E-state index in [1.807, 2.05) is 0 Å². The summed E-state index contributed by atoms with van der Waals surface area (Å²) >= 11 is 5.88. The Morgan fingerprint density at radius 3 is 2.64 bits per heavy atom. The van der Waals surface area contributed by atoms with E-state index in [1.54, 1.807) is 0 Å². The van der Waals surface area contributed by atoms with Gasteiger partial charge in [0.05, 0.1) is 29.3 Å². The second-order valence-electron chi connectivity index (χ2n) is 5.88. The number of hydrogen-bond donors (Lipinski definition) is 1. The van der Waals surface area contributed by atoms with Crippen molar-refractivity contribution in [3.63, 3.8) is 0 Å². The van der Waals surface area contributed by atoms with Crippen LogP contribution in [-0.4, -0.2) is 51.1 Å². The molecule has 0 aliphatic carbocycles. The van der Waals surface area contributed by atoms with Crippen LogP contribution in [-0.2, 0) is 14.8 Å². The lowest BCUT2D eigenvalue weighted by Crippen LogP contribution is -2.40. The van der Waals surface area contributed by atoms with Gasteiger partial charge in [-0.1, -0.05) is 23.7 Å². The molecule has 0 aromatic heterocycles. The van der Waals surface area contributed by atoms with E-state index in [1.165, 1.54) is 46.8 Å². The Kier molecular flexibility index (Phi) is 6.40. The van der Waals surface area contributed by atoms with Gasteiger partial charge in [0.1, 0.15) is 5.82 Å². The van der Waals surface area contributed by atoms with Crippen LogP contribution in [0.5, 0.6) is 0 Å². The van der Waals surface area contributed by atoms with Gasteiger partial charge in [-0.05, 0) is 30.3 Å². The zero-order valence-electron chi connectivity index (χ0n) is 14.6. The van der Waals surface area contributed by atoms with Crippen molar-refractivity contribution >= 4 is 33.7 Å². The molecular weight excluding hydrogens is 409 g/mol. The zero-order chi connectivity index (χ0) is 20.1. The molecule has 1 aliphatic heterocycles. The number of sulfonamides is 1. The smallest absolute Gasteiger partial charge is 0.271 e. The maximum atomic E-state index is 13.7. The highest BCUT2D eigenvalue weighted by atomic mass is 35.5. The highest BCUT2D eigenvalue weighted by Gasteiger charge is 2.26. The number of hydrazone groups is 1. The van der Waals surface area contributed by atoms with E-state index in [0.717, 1.165) is 6.21 Å². The first kappa shape index (κ1) is 20.4. The first-order valence-corrected chi connectivity index (χ1v) is 10.2. The zero-order valence-corrected chi connectivity index (χ0v) is 16.2. The van der Waals surface area contributed by atoms with Crippen LogP contribution in [0.1, 0.15) is 15.9 Å². The summed E-state index contributed by atoms with van der Waals surface area (Å²) in [4.78, 5) is 12.3. The van der Waals surface area contributed by atoms with E-state index < -0.39 is 21.7 Å². The second-order valence-corrected chi connectivity index (χ2v) is 8.22. The summed E-state index contributed by atoms with van der Waals surface area (Å²) in [5.41, 5.74) is 2.38. The minimum Gasteiger partial charge on any atom is -0.379 e. The third-order valence-corrected chi connectivity index (χ3v) is 6.29. The molecule has 3 rings (SSSR count).